The maximum atomic E-state index is 5.29. The molecule has 0 spiro atoms. The molecule has 1 aliphatic heterocycles. The first-order valence-corrected chi connectivity index (χ1v) is 7.39. The molecule has 2 aromatic rings. The highest BCUT2D eigenvalue weighted by Crippen LogP contribution is 2.22. The summed E-state index contributed by atoms with van der Waals surface area (Å²) < 4.78 is 7.53. The van der Waals surface area contributed by atoms with Crippen LogP contribution in [-0.2, 0) is 13.1 Å². The molecular weight excluding hydrogens is 264 g/mol. The second-order valence-corrected chi connectivity index (χ2v) is 5.31. The Kier molecular flexibility index (Phi) is 4.22. The number of piperazine rings is 1. The Labute approximate surface area is 125 Å². The van der Waals surface area contributed by atoms with Crippen molar-refractivity contribution in [1.82, 2.24) is 19.8 Å². The van der Waals surface area contributed by atoms with Gasteiger partial charge in [0.1, 0.15) is 11.6 Å². The van der Waals surface area contributed by atoms with Crippen molar-refractivity contribution in [2.24, 2.45) is 0 Å². The molecule has 21 heavy (non-hydrogen) atoms. The van der Waals surface area contributed by atoms with E-state index in [1.54, 1.807) is 7.11 Å². The molecule has 0 aliphatic carbocycles. The third-order valence-corrected chi connectivity index (χ3v) is 3.92. The van der Waals surface area contributed by atoms with Crippen LogP contribution in [0, 0.1) is 0 Å². The molecule has 0 amide bonds. The Morgan fingerprint density at radius 1 is 1.38 bits per heavy atom. The second-order valence-electron chi connectivity index (χ2n) is 5.31. The Morgan fingerprint density at radius 2 is 2.19 bits per heavy atom. The standard InChI is InChI=1S/C16H22N4O/c1-3-8-20-15-5-4-13(21-2)11-14(15)18-16(20)12-19-9-6-17-7-10-19/h3-5,11,17H,1,6-10,12H2,2H3. The van der Waals surface area contributed by atoms with Crippen LogP contribution in [0.2, 0.25) is 0 Å². The number of imidazole rings is 1. The Hall–Kier alpha value is -1.85. The van der Waals surface area contributed by atoms with Crippen LogP contribution in [0.25, 0.3) is 11.0 Å². The van der Waals surface area contributed by atoms with Gasteiger partial charge in [0.05, 0.1) is 24.7 Å². The molecule has 0 radical (unpaired) electrons. The van der Waals surface area contributed by atoms with Crippen molar-refractivity contribution >= 4 is 11.0 Å². The maximum absolute atomic E-state index is 5.29. The van der Waals surface area contributed by atoms with Gasteiger partial charge in [-0.15, -0.1) is 6.58 Å². The summed E-state index contributed by atoms with van der Waals surface area (Å²) in [6, 6.07) is 6.06. The summed E-state index contributed by atoms with van der Waals surface area (Å²) >= 11 is 0. The summed E-state index contributed by atoms with van der Waals surface area (Å²) in [7, 11) is 1.68. The fourth-order valence-electron chi connectivity index (χ4n) is 2.81. The highest BCUT2D eigenvalue weighted by molar-refractivity contribution is 5.77. The van der Waals surface area contributed by atoms with E-state index in [1.165, 1.54) is 0 Å². The molecule has 5 nitrogen and oxygen atoms in total. The van der Waals surface area contributed by atoms with E-state index in [1.807, 2.05) is 18.2 Å². The summed E-state index contributed by atoms with van der Waals surface area (Å²) in [5, 5.41) is 3.38. The van der Waals surface area contributed by atoms with Crippen molar-refractivity contribution in [1.29, 1.82) is 0 Å². The zero-order valence-corrected chi connectivity index (χ0v) is 12.5. The van der Waals surface area contributed by atoms with Crippen molar-refractivity contribution < 1.29 is 4.74 Å². The zero-order valence-electron chi connectivity index (χ0n) is 12.5. The molecule has 1 aliphatic rings. The largest absolute Gasteiger partial charge is 0.497 e. The first-order chi connectivity index (χ1) is 10.3. The van der Waals surface area contributed by atoms with E-state index in [0.29, 0.717) is 0 Å². The number of hydrogen-bond donors (Lipinski definition) is 1. The van der Waals surface area contributed by atoms with Crippen LogP contribution in [0.15, 0.2) is 30.9 Å². The van der Waals surface area contributed by atoms with Gasteiger partial charge in [-0.05, 0) is 12.1 Å². The van der Waals surface area contributed by atoms with Crippen LogP contribution < -0.4 is 10.1 Å². The number of nitrogens with one attached hydrogen (secondary N) is 1. The normalized spacial score (nSPS) is 16.2. The van der Waals surface area contributed by atoms with E-state index in [9.17, 15) is 0 Å². The second kappa shape index (κ2) is 6.28. The number of benzene rings is 1. The number of allylic oxidation sites excluding steroid dienone is 1. The van der Waals surface area contributed by atoms with Crippen molar-refractivity contribution in [3.05, 3.63) is 36.7 Å². The number of nitrogens with zero attached hydrogens (tertiary/aromatic N) is 3. The zero-order chi connectivity index (χ0) is 14.7. The average molecular weight is 286 g/mol. The molecule has 1 aromatic heterocycles. The highest BCUT2D eigenvalue weighted by Gasteiger charge is 2.16. The number of fused-ring (bicyclic) bond motifs is 1. The molecule has 5 heteroatoms. The topological polar surface area (TPSA) is 42.3 Å². The number of methoxy groups -OCH3 is 1. The first-order valence-electron chi connectivity index (χ1n) is 7.39. The van der Waals surface area contributed by atoms with Crippen LogP contribution in [0.3, 0.4) is 0 Å². The van der Waals surface area contributed by atoms with E-state index in [-0.39, 0.29) is 0 Å². The van der Waals surface area contributed by atoms with Crippen molar-refractivity contribution in [3.63, 3.8) is 0 Å². The van der Waals surface area contributed by atoms with Gasteiger partial charge in [0, 0.05) is 38.8 Å². The van der Waals surface area contributed by atoms with Crippen molar-refractivity contribution in [2.45, 2.75) is 13.1 Å². The number of hydrogen-bond acceptors (Lipinski definition) is 4. The van der Waals surface area contributed by atoms with E-state index < -0.39 is 0 Å². The molecule has 1 fully saturated rings. The first kappa shape index (κ1) is 14.1. The molecule has 3 rings (SSSR count). The van der Waals surface area contributed by atoms with E-state index >= 15 is 0 Å². The SMILES string of the molecule is C=CCn1c(CN2CCNCC2)nc2cc(OC)ccc21. The Bertz CT molecular complexity index is 628. The monoisotopic (exact) mass is 286 g/mol. The van der Waals surface area contributed by atoms with Gasteiger partial charge >= 0.3 is 0 Å². The van der Waals surface area contributed by atoms with Gasteiger partial charge in [-0.2, -0.15) is 0 Å². The van der Waals surface area contributed by atoms with Gasteiger partial charge < -0.3 is 14.6 Å². The Balaban J connectivity index is 1.94. The van der Waals surface area contributed by atoms with E-state index in [2.05, 4.69) is 27.4 Å². The minimum atomic E-state index is 0.782. The Morgan fingerprint density at radius 3 is 2.90 bits per heavy atom. The van der Waals surface area contributed by atoms with Gasteiger partial charge in [-0.3, -0.25) is 4.90 Å². The van der Waals surface area contributed by atoms with Gasteiger partial charge in [-0.25, -0.2) is 4.98 Å². The number of ether oxygens (including phenoxy) is 1. The van der Waals surface area contributed by atoms with Gasteiger partial charge in [0.2, 0.25) is 0 Å². The highest BCUT2D eigenvalue weighted by atomic mass is 16.5. The van der Waals surface area contributed by atoms with Crippen LogP contribution in [0.1, 0.15) is 5.82 Å². The molecule has 112 valence electrons. The minimum absolute atomic E-state index is 0.782. The quantitative estimate of drug-likeness (QED) is 0.849. The predicted octanol–water partition coefficient (Wildman–Crippen LogP) is 1.64. The lowest BCUT2D eigenvalue weighted by atomic mass is 10.3. The third-order valence-electron chi connectivity index (χ3n) is 3.92. The maximum Gasteiger partial charge on any atom is 0.124 e. The van der Waals surface area contributed by atoms with Gasteiger partial charge in [0.25, 0.3) is 0 Å². The molecular formula is C16H22N4O. The van der Waals surface area contributed by atoms with Crippen LogP contribution in [0.5, 0.6) is 5.75 Å². The lowest BCUT2D eigenvalue weighted by molar-refractivity contribution is 0.226. The van der Waals surface area contributed by atoms with Gasteiger partial charge in [-0.1, -0.05) is 6.08 Å². The van der Waals surface area contributed by atoms with Crippen LogP contribution in [-0.4, -0.2) is 47.7 Å². The molecule has 0 atom stereocenters. The smallest absolute Gasteiger partial charge is 0.124 e. The number of rotatable bonds is 5. The molecule has 0 unspecified atom stereocenters. The van der Waals surface area contributed by atoms with Crippen LogP contribution >= 0.6 is 0 Å². The summed E-state index contributed by atoms with van der Waals surface area (Å²) in [5.41, 5.74) is 2.13. The summed E-state index contributed by atoms with van der Waals surface area (Å²) in [6.07, 6.45) is 1.92. The summed E-state index contributed by atoms with van der Waals surface area (Å²) in [6.45, 7) is 9.77. The van der Waals surface area contributed by atoms with E-state index in [0.717, 1.165) is 61.9 Å². The lowest BCUT2D eigenvalue weighted by Crippen LogP contribution is -2.43. The summed E-state index contributed by atoms with van der Waals surface area (Å²) in [4.78, 5) is 7.25. The average Bonchev–Trinajstić information content (AvgIpc) is 2.85. The molecule has 1 N–H and O–H groups in total. The molecule has 2 heterocycles. The van der Waals surface area contributed by atoms with Crippen molar-refractivity contribution in [3.8, 4) is 5.75 Å². The lowest BCUT2D eigenvalue weighted by Gasteiger charge is -2.26. The molecule has 0 saturated carbocycles. The van der Waals surface area contributed by atoms with Gasteiger partial charge in [0.15, 0.2) is 0 Å². The molecule has 1 saturated heterocycles. The fourth-order valence-corrected chi connectivity index (χ4v) is 2.81. The summed E-state index contributed by atoms with van der Waals surface area (Å²) in [5.74, 6) is 1.94. The van der Waals surface area contributed by atoms with E-state index in [4.69, 9.17) is 9.72 Å². The third kappa shape index (κ3) is 2.94. The number of aromatic nitrogens is 2. The van der Waals surface area contributed by atoms with Crippen LogP contribution in [0.4, 0.5) is 0 Å². The molecule has 1 aromatic carbocycles. The van der Waals surface area contributed by atoms with Crippen molar-refractivity contribution in [2.75, 3.05) is 33.3 Å². The predicted molar refractivity (Wildman–Crippen MR) is 84.6 cm³/mol. The fraction of sp³-hybridized carbons (Fsp3) is 0.438. The molecule has 0 bridgehead atoms. The minimum Gasteiger partial charge on any atom is -0.497 e.